The third kappa shape index (κ3) is 5.19. The molecule has 0 radical (unpaired) electrons. The first-order valence-electron chi connectivity index (χ1n) is 11.2. The number of carbonyl (C=O) groups excluding carboxylic acids is 2. The van der Waals surface area contributed by atoms with Crippen molar-refractivity contribution in [1.29, 1.82) is 0 Å². The van der Waals surface area contributed by atoms with E-state index in [4.69, 9.17) is 10.7 Å². The highest BCUT2D eigenvalue weighted by Gasteiger charge is 2.30. The highest BCUT2D eigenvalue weighted by atomic mass is 16.2. The summed E-state index contributed by atoms with van der Waals surface area (Å²) in [7, 11) is 3.81. The largest absolute Gasteiger partial charge is 0.366 e. The zero-order valence-corrected chi connectivity index (χ0v) is 19.1. The Hall–Kier alpha value is -3.74. The number of likely N-dealkylation sites (tertiary alicyclic amines) is 1. The standard InChI is InChI=1S/C26H29N5O2/c1-30(2)26-28-16-22(19-9-6-10-20(15-19)25(27)33)24(29-26)21-13-14-31(17-21)23(32)12-11-18-7-4-3-5-8-18/h3-10,15-16,21H,11-14,17H2,1-2H3,(H2,27,33)/t21-/m1/s1. The molecule has 2 N–H and O–H groups in total. The van der Waals surface area contributed by atoms with Crippen LogP contribution in [-0.4, -0.2) is 53.9 Å². The second-order valence-corrected chi connectivity index (χ2v) is 8.62. The lowest BCUT2D eigenvalue weighted by Crippen LogP contribution is -2.28. The Bertz CT molecular complexity index is 1150. The van der Waals surface area contributed by atoms with Gasteiger partial charge in [-0.25, -0.2) is 9.97 Å². The van der Waals surface area contributed by atoms with Crippen molar-refractivity contribution in [3.05, 3.63) is 77.6 Å². The van der Waals surface area contributed by atoms with Gasteiger partial charge in [-0.3, -0.25) is 9.59 Å². The van der Waals surface area contributed by atoms with E-state index in [-0.39, 0.29) is 11.8 Å². The molecule has 7 heteroatoms. The lowest BCUT2D eigenvalue weighted by molar-refractivity contribution is -0.130. The van der Waals surface area contributed by atoms with Crippen molar-refractivity contribution < 1.29 is 9.59 Å². The number of nitrogens with zero attached hydrogens (tertiary/aromatic N) is 4. The SMILES string of the molecule is CN(C)c1ncc(-c2cccc(C(N)=O)c2)c([C@@H]2CCN(C(=O)CCc3ccccc3)C2)n1. The Morgan fingerprint density at radius 2 is 1.91 bits per heavy atom. The number of rotatable bonds is 7. The average molecular weight is 444 g/mol. The quantitative estimate of drug-likeness (QED) is 0.605. The molecule has 2 aromatic carbocycles. The average Bonchev–Trinajstić information content (AvgIpc) is 3.33. The highest BCUT2D eigenvalue weighted by molar-refractivity contribution is 5.94. The zero-order chi connectivity index (χ0) is 23.4. The molecule has 0 aliphatic carbocycles. The Balaban J connectivity index is 1.56. The van der Waals surface area contributed by atoms with Crippen LogP contribution in [0.15, 0.2) is 60.8 Å². The molecule has 1 aromatic heterocycles. The summed E-state index contributed by atoms with van der Waals surface area (Å²) in [6, 6.07) is 17.3. The molecule has 1 aliphatic rings. The van der Waals surface area contributed by atoms with Crippen LogP contribution in [0.5, 0.6) is 0 Å². The number of hydrogen-bond acceptors (Lipinski definition) is 5. The van der Waals surface area contributed by atoms with E-state index in [1.54, 1.807) is 18.3 Å². The Morgan fingerprint density at radius 3 is 2.64 bits per heavy atom. The molecule has 0 bridgehead atoms. The Kier molecular flexibility index (Phi) is 6.68. The Morgan fingerprint density at radius 1 is 1.12 bits per heavy atom. The van der Waals surface area contributed by atoms with E-state index in [9.17, 15) is 9.59 Å². The van der Waals surface area contributed by atoms with Crippen LogP contribution in [0.1, 0.15) is 40.4 Å². The summed E-state index contributed by atoms with van der Waals surface area (Å²) in [5.74, 6) is 0.411. The van der Waals surface area contributed by atoms with Crippen LogP contribution in [0.4, 0.5) is 5.95 Å². The summed E-state index contributed by atoms with van der Waals surface area (Å²) in [5, 5.41) is 0. The fourth-order valence-corrected chi connectivity index (χ4v) is 4.24. The van der Waals surface area contributed by atoms with E-state index in [0.717, 1.165) is 29.7 Å². The maximum absolute atomic E-state index is 12.9. The van der Waals surface area contributed by atoms with Crippen molar-refractivity contribution in [3.63, 3.8) is 0 Å². The number of benzene rings is 2. The molecule has 0 unspecified atom stereocenters. The highest BCUT2D eigenvalue weighted by Crippen LogP contribution is 2.34. The van der Waals surface area contributed by atoms with E-state index in [0.29, 0.717) is 31.0 Å². The third-order valence-corrected chi connectivity index (χ3v) is 6.06. The fourth-order valence-electron chi connectivity index (χ4n) is 4.24. The maximum Gasteiger partial charge on any atom is 0.248 e. The molecule has 2 heterocycles. The molecular formula is C26H29N5O2. The van der Waals surface area contributed by atoms with Crippen molar-refractivity contribution >= 4 is 17.8 Å². The molecule has 1 saturated heterocycles. The zero-order valence-electron chi connectivity index (χ0n) is 19.1. The molecule has 33 heavy (non-hydrogen) atoms. The van der Waals surface area contributed by atoms with Crippen LogP contribution in [0.2, 0.25) is 0 Å². The van der Waals surface area contributed by atoms with Gasteiger partial charge in [0.15, 0.2) is 0 Å². The molecule has 1 atom stereocenters. The molecule has 1 aliphatic heterocycles. The number of aryl methyl sites for hydroxylation is 1. The second-order valence-electron chi connectivity index (χ2n) is 8.62. The first-order chi connectivity index (χ1) is 15.9. The van der Waals surface area contributed by atoms with Crippen molar-refractivity contribution in [2.75, 3.05) is 32.1 Å². The van der Waals surface area contributed by atoms with Crippen LogP contribution < -0.4 is 10.6 Å². The lowest BCUT2D eigenvalue weighted by Gasteiger charge is -2.20. The first kappa shape index (κ1) is 22.5. The van der Waals surface area contributed by atoms with Gasteiger partial charge >= 0.3 is 0 Å². The molecule has 3 aromatic rings. The van der Waals surface area contributed by atoms with Gasteiger partial charge in [-0.05, 0) is 36.1 Å². The first-order valence-corrected chi connectivity index (χ1v) is 11.2. The molecular weight excluding hydrogens is 414 g/mol. The van der Waals surface area contributed by atoms with E-state index in [1.165, 1.54) is 5.56 Å². The molecule has 170 valence electrons. The normalized spacial score (nSPS) is 15.5. The molecule has 2 amide bonds. The maximum atomic E-state index is 12.9. The van der Waals surface area contributed by atoms with Crippen LogP contribution >= 0.6 is 0 Å². The minimum Gasteiger partial charge on any atom is -0.366 e. The molecule has 4 rings (SSSR count). The Labute approximate surface area is 194 Å². The number of anilines is 1. The monoisotopic (exact) mass is 443 g/mol. The van der Waals surface area contributed by atoms with Crippen LogP contribution in [0, 0.1) is 0 Å². The van der Waals surface area contributed by atoms with Crippen LogP contribution in [-0.2, 0) is 11.2 Å². The van der Waals surface area contributed by atoms with Gasteiger partial charge in [0, 0.05) is 56.8 Å². The summed E-state index contributed by atoms with van der Waals surface area (Å²) in [6.45, 7) is 1.33. The van der Waals surface area contributed by atoms with Gasteiger partial charge in [-0.15, -0.1) is 0 Å². The number of aromatic nitrogens is 2. The van der Waals surface area contributed by atoms with Gasteiger partial charge in [-0.1, -0.05) is 42.5 Å². The molecule has 7 nitrogen and oxygen atoms in total. The number of nitrogens with two attached hydrogens (primary N) is 1. The van der Waals surface area contributed by atoms with E-state index in [2.05, 4.69) is 17.1 Å². The number of amides is 2. The smallest absolute Gasteiger partial charge is 0.248 e. The minimum absolute atomic E-state index is 0.0969. The second kappa shape index (κ2) is 9.81. The lowest BCUT2D eigenvalue weighted by atomic mass is 9.95. The molecule has 0 spiro atoms. The summed E-state index contributed by atoms with van der Waals surface area (Å²) in [6.07, 6.45) is 3.88. The van der Waals surface area contributed by atoms with E-state index >= 15 is 0 Å². The predicted octanol–water partition coefficient (Wildman–Crippen LogP) is 3.26. The van der Waals surface area contributed by atoms with Gasteiger partial charge in [0.1, 0.15) is 0 Å². The number of carbonyl (C=O) groups is 2. The van der Waals surface area contributed by atoms with Gasteiger partial charge < -0.3 is 15.5 Å². The van der Waals surface area contributed by atoms with Crippen LogP contribution in [0.25, 0.3) is 11.1 Å². The van der Waals surface area contributed by atoms with E-state index in [1.807, 2.05) is 54.2 Å². The predicted molar refractivity (Wildman–Crippen MR) is 129 cm³/mol. The van der Waals surface area contributed by atoms with Gasteiger partial charge in [0.25, 0.3) is 0 Å². The summed E-state index contributed by atoms with van der Waals surface area (Å²) < 4.78 is 0. The van der Waals surface area contributed by atoms with E-state index < -0.39 is 5.91 Å². The number of primary amides is 1. The topological polar surface area (TPSA) is 92.4 Å². The van der Waals surface area contributed by atoms with Crippen molar-refractivity contribution in [3.8, 4) is 11.1 Å². The van der Waals surface area contributed by atoms with Gasteiger partial charge in [-0.2, -0.15) is 0 Å². The summed E-state index contributed by atoms with van der Waals surface area (Å²) in [5.41, 5.74) is 9.71. The van der Waals surface area contributed by atoms with Crippen LogP contribution in [0.3, 0.4) is 0 Å². The summed E-state index contributed by atoms with van der Waals surface area (Å²) >= 11 is 0. The molecule has 1 fully saturated rings. The summed E-state index contributed by atoms with van der Waals surface area (Å²) in [4.78, 5) is 37.7. The third-order valence-electron chi connectivity index (χ3n) is 6.06. The van der Waals surface area contributed by atoms with Gasteiger partial charge in [0.05, 0.1) is 5.69 Å². The van der Waals surface area contributed by atoms with Crippen molar-refractivity contribution in [2.45, 2.75) is 25.2 Å². The number of hydrogen-bond donors (Lipinski definition) is 1. The van der Waals surface area contributed by atoms with Crippen molar-refractivity contribution in [1.82, 2.24) is 14.9 Å². The fraction of sp³-hybridized carbons (Fsp3) is 0.308. The van der Waals surface area contributed by atoms with Crippen molar-refractivity contribution in [2.24, 2.45) is 5.73 Å². The minimum atomic E-state index is -0.472. The molecule has 0 saturated carbocycles. The van der Waals surface area contributed by atoms with Gasteiger partial charge in [0.2, 0.25) is 17.8 Å².